The third-order valence-electron chi connectivity index (χ3n) is 7.88. The molecule has 2 aliphatic carbocycles. The number of hydrogen-bond donors (Lipinski definition) is 0. The van der Waals surface area contributed by atoms with Crippen LogP contribution in [0, 0.1) is 17.2 Å². The van der Waals surface area contributed by atoms with Gasteiger partial charge in [-0.15, -0.1) is 0 Å². The third-order valence-corrected chi connectivity index (χ3v) is 9.24. The van der Waals surface area contributed by atoms with Crippen molar-refractivity contribution in [2.24, 2.45) is 11.3 Å². The van der Waals surface area contributed by atoms with Crippen molar-refractivity contribution in [2.75, 3.05) is 6.26 Å². The van der Waals surface area contributed by atoms with E-state index < -0.39 is 15.4 Å². The van der Waals surface area contributed by atoms with Crippen molar-refractivity contribution in [3.8, 4) is 11.3 Å². The van der Waals surface area contributed by atoms with Crippen LogP contribution in [-0.2, 0) is 14.8 Å². The molecule has 0 spiro atoms. The summed E-state index contributed by atoms with van der Waals surface area (Å²) in [7, 11) is -3.28. The van der Waals surface area contributed by atoms with Gasteiger partial charge >= 0.3 is 0 Å². The number of benzene rings is 1. The number of carbonyl (C=O) groups excluding carboxylic acids is 1. The molecule has 158 valence electrons. The number of Topliss-reactive ketones (excluding diaryl/α,β-unsaturated/α-hetero) is 1. The Kier molecular flexibility index (Phi) is 3.74. The molecule has 30 heavy (non-hydrogen) atoms. The van der Waals surface area contributed by atoms with Gasteiger partial charge in [0.15, 0.2) is 0 Å². The lowest BCUT2D eigenvalue weighted by molar-refractivity contribution is -0.145. The average Bonchev–Trinajstić information content (AvgIpc) is 3.23. The highest BCUT2D eigenvalue weighted by Crippen LogP contribution is 2.58. The Morgan fingerprint density at radius 3 is 2.67 bits per heavy atom. The van der Waals surface area contributed by atoms with Gasteiger partial charge < -0.3 is 4.57 Å². The summed E-state index contributed by atoms with van der Waals surface area (Å²) in [6.45, 7) is 0. The molecule has 1 aromatic heterocycles. The van der Waals surface area contributed by atoms with Gasteiger partial charge in [0.1, 0.15) is 11.6 Å². The summed E-state index contributed by atoms with van der Waals surface area (Å²) < 4.78 is 43.0. The van der Waals surface area contributed by atoms with Crippen molar-refractivity contribution in [1.82, 2.24) is 13.9 Å². The lowest BCUT2D eigenvalue weighted by Crippen LogP contribution is -2.64. The van der Waals surface area contributed by atoms with Gasteiger partial charge in [0.25, 0.3) is 0 Å². The number of rotatable bonds is 4. The van der Waals surface area contributed by atoms with E-state index in [9.17, 15) is 17.6 Å². The topological polar surface area (TPSA) is 72.3 Å². The minimum atomic E-state index is -3.28. The van der Waals surface area contributed by atoms with Gasteiger partial charge in [-0.2, -0.15) is 4.31 Å². The van der Waals surface area contributed by atoms with Crippen LogP contribution in [0.2, 0.25) is 0 Å². The number of piperidine rings is 2. The van der Waals surface area contributed by atoms with Gasteiger partial charge in [-0.1, -0.05) is 12.1 Å². The van der Waals surface area contributed by atoms with Gasteiger partial charge in [0.05, 0.1) is 30.5 Å². The molecule has 3 unspecified atom stereocenters. The number of nitrogens with zero attached hydrogens (tertiary/aromatic N) is 3. The Morgan fingerprint density at radius 1 is 1.23 bits per heavy atom. The SMILES string of the molecule is CS(=O)(=O)N1C2CC3CC1CC(C(=O)CC1c4c(F)cccc4-c4cncn41)(C3)C2. The summed E-state index contributed by atoms with van der Waals surface area (Å²) in [5.41, 5.74) is 1.74. The maximum Gasteiger partial charge on any atom is 0.211 e. The van der Waals surface area contributed by atoms with Gasteiger partial charge in [-0.25, -0.2) is 17.8 Å². The summed E-state index contributed by atoms with van der Waals surface area (Å²) in [5.74, 6) is 0.263. The molecule has 3 aliphatic heterocycles. The summed E-state index contributed by atoms with van der Waals surface area (Å²) in [5, 5.41) is 0. The number of halogens is 1. The fraction of sp³-hybridized carbons (Fsp3) is 0.545. The van der Waals surface area contributed by atoms with Crippen LogP contribution in [0.1, 0.15) is 50.1 Å². The lowest BCUT2D eigenvalue weighted by Gasteiger charge is -2.60. The van der Waals surface area contributed by atoms with Crippen molar-refractivity contribution in [3.05, 3.63) is 42.1 Å². The van der Waals surface area contributed by atoms with E-state index in [1.807, 2.05) is 10.6 Å². The zero-order chi connectivity index (χ0) is 20.8. The predicted molar refractivity (Wildman–Crippen MR) is 109 cm³/mol. The highest BCUT2D eigenvalue weighted by Gasteiger charge is 2.59. The number of sulfonamides is 1. The van der Waals surface area contributed by atoms with Gasteiger partial charge in [0.2, 0.25) is 10.0 Å². The maximum atomic E-state index is 14.8. The van der Waals surface area contributed by atoms with Crippen LogP contribution in [0.4, 0.5) is 4.39 Å². The van der Waals surface area contributed by atoms with Crippen molar-refractivity contribution < 1.29 is 17.6 Å². The van der Waals surface area contributed by atoms with Crippen LogP contribution in [0.15, 0.2) is 30.7 Å². The second kappa shape index (κ2) is 6.01. The van der Waals surface area contributed by atoms with Crippen LogP contribution in [0.5, 0.6) is 0 Å². The summed E-state index contributed by atoms with van der Waals surface area (Å²) in [4.78, 5) is 18.0. The van der Waals surface area contributed by atoms with E-state index in [0.29, 0.717) is 24.3 Å². The highest BCUT2D eigenvalue weighted by molar-refractivity contribution is 7.88. The van der Waals surface area contributed by atoms with Crippen LogP contribution in [0.25, 0.3) is 11.3 Å². The first-order valence-electron chi connectivity index (χ1n) is 10.6. The first-order chi connectivity index (χ1) is 14.3. The first kappa shape index (κ1) is 18.7. The van der Waals surface area contributed by atoms with Crippen LogP contribution >= 0.6 is 0 Å². The van der Waals surface area contributed by atoms with E-state index in [1.165, 1.54) is 12.3 Å². The molecule has 4 heterocycles. The summed E-state index contributed by atoms with van der Waals surface area (Å²) in [6, 6.07) is 4.48. The monoisotopic (exact) mass is 429 g/mol. The Labute approximate surface area is 175 Å². The number of hydrogen-bond acceptors (Lipinski definition) is 4. The molecule has 0 amide bonds. The van der Waals surface area contributed by atoms with Crippen LogP contribution in [-0.4, -0.2) is 46.4 Å². The molecule has 1 aromatic carbocycles. The van der Waals surface area contributed by atoms with E-state index in [2.05, 4.69) is 4.98 Å². The number of carbonyl (C=O) groups is 1. The molecular weight excluding hydrogens is 405 g/mol. The predicted octanol–water partition coefficient (Wildman–Crippen LogP) is 3.14. The van der Waals surface area contributed by atoms with Crippen LogP contribution < -0.4 is 0 Å². The molecular formula is C22H24FN3O3S. The standard InChI is InChI=1S/C22H24FN3O3S/c1-30(28,29)26-14-5-13-6-15(26)10-22(8-13,9-14)20(27)7-18-21-16(3-2-4-17(21)23)19-11-24-12-25(18)19/h2-4,11-15,18H,5-10H2,1H3. The Bertz CT molecular complexity index is 1160. The van der Waals surface area contributed by atoms with Crippen LogP contribution in [0.3, 0.4) is 0 Å². The number of ketones is 1. The molecule has 4 bridgehead atoms. The van der Waals surface area contributed by atoms with Crippen molar-refractivity contribution in [1.29, 1.82) is 0 Å². The molecule has 5 aliphatic rings. The molecule has 0 N–H and O–H groups in total. The maximum absolute atomic E-state index is 14.8. The summed E-state index contributed by atoms with van der Waals surface area (Å²) >= 11 is 0. The molecule has 2 saturated carbocycles. The molecule has 3 atom stereocenters. The minimum Gasteiger partial charge on any atom is -0.322 e. The largest absolute Gasteiger partial charge is 0.322 e. The van der Waals surface area contributed by atoms with Crippen molar-refractivity contribution in [3.63, 3.8) is 0 Å². The minimum absolute atomic E-state index is 0.0772. The molecule has 0 radical (unpaired) electrons. The van der Waals surface area contributed by atoms with Gasteiger partial charge in [-0.05, 0) is 44.1 Å². The zero-order valence-corrected chi connectivity index (χ0v) is 17.6. The second-order valence-electron chi connectivity index (χ2n) is 9.66. The fourth-order valence-corrected chi connectivity index (χ4v) is 8.47. The molecule has 8 heteroatoms. The van der Waals surface area contributed by atoms with E-state index in [1.54, 1.807) is 22.9 Å². The Hall–Kier alpha value is -2.06. The van der Waals surface area contributed by atoms with Crippen molar-refractivity contribution in [2.45, 2.75) is 56.7 Å². The highest BCUT2D eigenvalue weighted by atomic mass is 32.2. The molecule has 7 rings (SSSR count). The molecule has 2 saturated heterocycles. The molecule has 6 nitrogen and oxygen atoms in total. The summed E-state index contributed by atoms with van der Waals surface area (Å²) in [6.07, 6.45) is 8.64. The second-order valence-corrected chi connectivity index (χ2v) is 11.5. The lowest BCUT2D eigenvalue weighted by atomic mass is 9.54. The number of aromatic nitrogens is 2. The Morgan fingerprint density at radius 2 is 1.97 bits per heavy atom. The van der Waals surface area contributed by atoms with E-state index in [0.717, 1.165) is 30.5 Å². The smallest absolute Gasteiger partial charge is 0.211 e. The fourth-order valence-electron chi connectivity index (χ4n) is 7.06. The average molecular weight is 430 g/mol. The quantitative estimate of drug-likeness (QED) is 0.749. The Balaban J connectivity index is 1.34. The van der Waals surface area contributed by atoms with E-state index in [4.69, 9.17) is 0 Å². The normalized spacial score (nSPS) is 34.2. The number of fused-ring (bicyclic) bond motifs is 3. The molecule has 4 fully saturated rings. The van der Waals surface area contributed by atoms with E-state index >= 15 is 0 Å². The number of imidazole rings is 1. The first-order valence-corrected chi connectivity index (χ1v) is 12.4. The third kappa shape index (κ3) is 2.46. The van der Waals surface area contributed by atoms with E-state index in [-0.39, 0.29) is 36.1 Å². The molecule has 2 aromatic rings. The van der Waals surface area contributed by atoms with Gasteiger partial charge in [-0.3, -0.25) is 4.79 Å². The zero-order valence-electron chi connectivity index (χ0n) is 16.8. The van der Waals surface area contributed by atoms with Crippen molar-refractivity contribution >= 4 is 15.8 Å². The van der Waals surface area contributed by atoms with Gasteiger partial charge in [0, 0.05) is 35.0 Å².